The highest BCUT2D eigenvalue weighted by atomic mass is 19.1. The molecule has 1 saturated heterocycles. The third-order valence-corrected chi connectivity index (χ3v) is 4.23. The lowest BCUT2D eigenvalue weighted by Crippen LogP contribution is -2.41. The second-order valence-corrected chi connectivity index (χ2v) is 5.70. The fraction of sp³-hybridized carbons (Fsp3) is 0.562. The third-order valence-electron chi connectivity index (χ3n) is 4.23. The number of rotatable bonds is 5. The van der Waals surface area contributed by atoms with E-state index in [1.807, 2.05) is 6.92 Å². The van der Waals surface area contributed by atoms with Crippen LogP contribution in [0, 0.1) is 11.6 Å². The number of benzene rings is 1. The van der Waals surface area contributed by atoms with Crippen molar-refractivity contribution in [3.63, 3.8) is 0 Å². The third kappa shape index (κ3) is 4.24. The molecule has 2 atom stereocenters. The molecule has 3 nitrogen and oxygen atoms in total. The van der Waals surface area contributed by atoms with E-state index in [0.29, 0.717) is 12.0 Å². The van der Waals surface area contributed by atoms with E-state index in [4.69, 9.17) is 5.11 Å². The van der Waals surface area contributed by atoms with Gasteiger partial charge in [-0.05, 0) is 50.4 Å². The van der Waals surface area contributed by atoms with Gasteiger partial charge in [0.1, 0.15) is 11.6 Å². The quantitative estimate of drug-likeness (QED) is 0.900. The molecule has 0 saturated carbocycles. The predicted octanol–water partition coefficient (Wildman–Crippen LogP) is 3.75. The summed E-state index contributed by atoms with van der Waals surface area (Å²) in [7, 11) is 0. The monoisotopic (exact) mass is 297 g/mol. The summed E-state index contributed by atoms with van der Waals surface area (Å²) < 4.78 is 26.7. The lowest BCUT2D eigenvalue weighted by atomic mass is 9.94. The maximum Gasteiger partial charge on any atom is 0.303 e. The van der Waals surface area contributed by atoms with Crippen LogP contribution in [0.2, 0.25) is 0 Å². The van der Waals surface area contributed by atoms with Gasteiger partial charge in [0.25, 0.3) is 0 Å². The Balaban J connectivity index is 2.13. The molecule has 1 heterocycles. The summed E-state index contributed by atoms with van der Waals surface area (Å²) in [5.74, 6) is -1.95. The van der Waals surface area contributed by atoms with Crippen LogP contribution in [0.5, 0.6) is 0 Å². The largest absolute Gasteiger partial charge is 0.481 e. The van der Waals surface area contributed by atoms with Crippen LogP contribution in [0.15, 0.2) is 18.2 Å². The number of carboxylic acids is 1. The minimum Gasteiger partial charge on any atom is -0.481 e. The van der Waals surface area contributed by atoms with Gasteiger partial charge in [0, 0.05) is 24.6 Å². The van der Waals surface area contributed by atoms with E-state index in [-0.39, 0.29) is 18.5 Å². The summed E-state index contributed by atoms with van der Waals surface area (Å²) in [6.45, 7) is 2.76. The SMILES string of the molecule is CC(c1cc(F)cc(F)c1)N1CCCCC1CCC(=O)O. The second-order valence-electron chi connectivity index (χ2n) is 5.70. The molecule has 1 fully saturated rings. The number of aliphatic carboxylic acids is 1. The number of carboxylic acid groups (broad SMARTS) is 1. The molecule has 0 spiro atoms. The van der Waals surface area contributed by atoms with Crippen molar-refractivity contribution in [3.05, 3.63) is 35.4 Å². The van der Waals surface area contributed by atoms with E-state index in [0.717, 1.165) is 31.9 Å². The Morgan fingerprint density at radius 1 is 1.33 bits per heavy atom. The van der Waals surface area contributed by atoms with Crippen molar-refractivity contribution in [2.24, 2.45) is 0 Å². The Kier molecular flexibility index (Phi) is 5.28. The fourth-order valence-electron chi connectivity index (χ4n) is 3.14. The van der Waals surface area contributed by atoms with Gasteiger partial charge in [0.15, 0.2) is 0 Å². The number of likely N-dealkylation sites (tertiary alicyclic amines) is 1. The van der Waals surface area contributed by atoms with Crippen molar-refractivity contribution < 1.29 is 18.7 Å². The first-order chi connectivity index (χ1) is 9.97. The van der Waals surface area contributed by atoms with Crippen LogP contribution in [0.3, 0.4) is 0 Å². The van der Waals surface area contributed by atoms with E-state index in [1.165, 1.54) is 12.1 Å². The van der Waals surface area contributed by atoms with Gasteiger partial charge >= 0.3 is 5.97 Å². The maximum absolute atomic E-state index is 13.4. The molecule has 0 aliphatic carbocycles. The van der Waals surface area contributed by atoms with Gasteiger partial charge in [-0.15, -0.1) is 0 Å². The first kappa shape index (κ1) is 15.9. The number of hydrogen-bond donors (Lipinski definition) is 1. The highest BCUT2D eigenvalue weighted by molar-refractivity contribution is 5.66. The normalized spacial score (nSPS) is 21.2. The average molecular weight is 297 g/mol. The molecule has 1 N–H and O–H groups in total. The van der Waals surface area contributed by atoms with E-state index in [1.54, 1.807) is 0 Å². The second kappa shape index (κ2) is 6.98. The van der Waals surface area contributed by atoms with Crippen molar-refractivity contribution in [3.8, 4) is 0 Å². The van der Waals surface area contributed by atoms with Gasteiger partial charge in [0.05, 0.1) is 0 Å². The number of piperidine rings is 1. The van der Waals surface area contributed by atoms with E-state index in [2.05, 4.69) is 4.90 Å². The number of carbonyl (C=O) groups is 1. The van der Waals surface area contributed by atoms with Crippen LogP contribution < -0.4 is 0 Å². The van der Waals surface area contributed by atoms with E-state index >= 15 is 0 Å². The van der Waals surface area contributed by atoms with Crippen LogP contribution in [-0.2, 0) is 4.79 Å². The molecule has 1 aliphatic heterocycles. The average Bonchev–Trinajstić information content (AvgIpc) is 2.43. The van der Waals surface area contributed by atoms with Crippen LogP contribution in [0.4, 0.5) is 8.78 Å². The summed E-state index contributed by atoms with van der Waals surface area (Å²) in [5.41, 5.74) is 0.606. The molecule has 5 heteroatoms. The standard InChI is InChI=1S/C16H21F2NO2/c1-11(12-8-13(17)10-14(18)9-12)19-7-3-2-4-15(19)5-6-16(20)21/h8-11,15H,2-7H2,1H3,(H,20,21). The zero-order valence-electron chi connectivity index (χ0n) is 12.2. The molecule has 2 rings (SSSR count). The molecule has 1 aromatic rings. The highest BCUT2D eigenvalue weighted by Crippen LogP contribution is 2.31. The van der Waals surface area contributed by atoms with Gasteiger partial charge in [-0.1, -0.05) is 6.42 Å². The Labute approximate surface area is 123 Å². The molecule has 2 unspecified atom stereocenters. The molecule has 116 valence electrons. The van der Waals surface area contributed by atoms with E-state index < -0.39 is 17.6 Å². The zero-order valence-corrected chi connectivity index (χ0v) is 12.2. The number of hydrogen-bond acceptors (Lipinski definition) is 2. The summed E-state index contributed by atoms with van der Waals surface area (Å²) in [5, 5.41) is 8.84. The van der Waals surface area contributed by atoms with Crippen molar-refractivity contribution in [1.82, 2.24) is 4.90 Å². The fourth-order valence-corrected chi connectivity index (χ4v) is 3.14. The van der Waals surface area contributed by atoms with Crippen molar-refractivity contribution in [2.75, 3.05) is 6.54 Å². The molecule has 1 aromatic carbocycles. The van der Waals surface area contributed by atoms with Crippen LogP contribution in [0.1, 0.15) is 50.6 Å². The molecule has 0 aromatic heterocycles. The molecule has 0 amide bonds. The topological polar surface area (TPSA) is 40.5 Å². The Hall–Kier alpha value is -1.49. The summed E-state index contributed by atoms with van der Waals surface area (Å²) >= 11 is 0. The molecular weight excluding hydrogens is 276 g/mol. The van der Waals surface area contributed by atoms with Crippen LogP contribution in [0.25, 0.3) is 0 Å². The Morgan fingerprint density at radius 3 is 2.62 bits per heavy atom. The maximum atomic E-state index is 13.4. The molecule has 1 aliphatic rings. The van der Waals surface area contributed by atoms with Gasteiger partial charge < -0.3 is 5.11 Å². The molecule has 21 heavy (non-hydrogen) atoms. The van der Waals surface area contributed by atoms with Crippen LogP contribution in [-0.4, -0.2) is 28.6 Å². The van der Waals surface area contributed by atoms with Crippen LogP contribution >= 0.6 is 0 Å². The Bertz CT molecular complexity index is 487. The molecule has 0 bridgehead atoms. The Morgan fingerprint density at radius 2 is 2.00 bits per heavy atom. The summed E-state index contributed by atoms with van der Waals surface area (Å²) in [4.78, 5) is 12.9. The summed E-state index contributed by atoms with van der Waals surface area (Å²) in [6, 6.07) is 3.63. The molecule has 0 radical (unpaired) electrons. The summed E-state index contributed by atoms with van der Waals surface area (Å²) in [6.07, 6.45) is 3.76. The first-order valence-corrected chi connectivity index (χ1v) is 7.41. The minimum atomic E-state index is -0.801. The van der Waals surface area contributed by atoms with Gasteiger partial charge in [-0.2, -0.15) is 0 Å². The van der Waals surface area contributed by atoms with Crippen molar-refractivity contribution in [1.29, 1.82) is 0 Å². The molecular formula is C16H21F2NO2. The van der Waals surface area contributed by atoms with Crippen molar-refractivity contribution >= 4 is 5.97 Å². The lowest BCUT2D eigenvalue weighted by Gasteiger charge is -2.40. The van der Waals surface area contributed by atoms with E-state index in [9.17, 15) is 13.6 Å². The predicted molar refractivity (Wildman–Crippen MR) is 76.0 cm³/mol. The lowest BCUT2D eigenvalue weighted by molar-refractivity contribution is -0.137. The van der Waals surface area contributed by atoms with Crippen molar-refractivity contribution in [2.45, 2.75) is 51.1 Å². The first-order valence-electron chi connectivity index (χ1n) is 7.41. The highest BCUT2D eigenvalue weighted by Gasteiger charge is 2.28. The zero-order chi connectivity index (χ0) is 15.4. The number of halogens is 2. The minimum absolute atomic E-state index is 0.116. The number of nitrogens with zero attached hydrogens (tertiary/aromatic N) is 1. The van der Waals surface area contributed by atoms with Gasteiger partial charge in [-0.3, -0.25) is 9.69 Å². The van der Waals surface area contributed by atoms with Gasteiger partial charge in [0.2, 0.25) is 0 Å². The van der Waals surface area contributed by atoms with Gasteiger partial charge in [-0.25, -0.2) is 8.78 Å². The smallest absolute Gasteiger partial charge is 0.303 e.